The maximum absolute atomic E-state index is 12.9. The van der Waals surface area contributed by atoms with Gasteiger partial charge in [0, 0.05) is 40.7 Å². The van der Waals surface area contributed by atoms with Crippen LogP contribution >= 0.6 is 11.6 Å². The van der Waals surface area contributed by atoms with Crippen LogP contribution in [0.5, 0.6) is 5.75 Å². The van der Waals surface area contributed by atoms with E-state index in [1.54, 1.807) is 29.8 Å². The summed E-state index contributed by atoms with van der Waals surface area (Å²) >= 11 is 6.04. The molecule has 1 heterocycles. The number of aliphatic hydroxyl groups is 1. The topological polar surface area (TPSA) is 118 Å². The first-order valence-electron chi connectivity index (χ1n) is 8.61. The van der Waals surface area contributed by atoms with Gasteiger partial charge in [0.1, 0.15) is 11.4 Å². The molecule has 3 rings (SSSR count). The van der Waals surface area contributed by atoms with Crippen LogP contribution in [0, 0.1) is 0 Å². The molecule has 2 amide bonds. The molecule has 5 N–H and O–H groups in total. The second-order valence-corrected chi connectivity index (χ2v) is 6.90. The summed E-state index contributed by atoms with van der Waals surface area (Å²) in [6, 6.07) is 10.7. The molecule has 146 valence electrons. The lowest BCUT2D eigenvalue weighted by Crippen LogP contribution is -2.30. The second kappa shape index (κ2) is 7.92. The lowest BCUT2D eigenvalue weighted by Gasteiger charge is -2.20. The Hall–Kier alpha value is -3.03. The summed E-state index contributed by atoms with van der Waals surface area (Å²) in [6.07, 6.45) is 0.186. The zero-order valence-corrected chi connectivity index (χ0v) is 15.9. The number of nitrogens with zero attached hydrogens (tertiary/aromatic N) is 1. The van der Waals surface area contributed by atoms with Gasteiger partial charge < -0.3 is 25.8 Å². The third-order valence-electron chi connectivity index (χ3n) is 4.65. The lowest BCUT2D eigenvalue weighted by atomic mass is 10.0. The van der Waals surface area contributed by atoms with E-state index in [0.717, 1.165) is 10.9 Å². The Morgan fingerprint density at radius 2 is 1.96 bits per heavy atom. The van der Waals surface area contributed by atoms with Gasteiger partial charge in [-0.05, 0) is 36.8 Å². The molecule has 28 heavy (non-hydrogen) atoms. The molecule has 2 aromatic carbocycles. The molecule has 7 nitrogen and oxygen atoms in total. The predicted molar refractivity (Wildman–Crippen MR) is 106 cm³/mol. The number of rotatable bonds is 6. The quantitative estimate of drug-likeness (QED) is 0.507. The van der Waals surface area contributed by atoms with Gasteiger partial charge in [-0.25, -0.2) is 0 Å². The maximum atomic E-state index is 12.9. The van der Waals surface area contributed by atoms with E-state index < -0.39 is 11.9 Å². The number of nitrogens with two attached hydrogens (primary N) is 1. The van der Waals surface area contributed by atoms with Crippen LogP contribution in [-0.4, -0.2) is 33.2 Å². The highest BCUT2D eigenvalue weighted by Gasteiger charge is 2.21. The molecule has 3 aromatic rings. The molecule has 0 aliphatic rings. The van der Waals surface area contributed by atoms with Crippen molar-refractivity contribution >= 4 is 34.3 Å². The molecule has 0 bridgehead atoms. The van der Waals surface area contributed by atoms with Crippen molar-refractivity contribution in [2.45, 2.75) is 12.5 Å². The fourth-order valence-corrected chi connectivity index (χ4v) is 3.35. The van der Waals surface area contributed by atoms with Gasteiger partial charge in [-0.1, -0.05) is 23.7 Å². The van der Waals surface area contributed by atoms with Gasteiger partial charge in [0.25, 0.3) is 5.91 Å². The van der Waals surface area contributed by atoms with Crippen molar-refractivity contribution in [1.82, 2.24) is 9.88 Å². The number of phenolic OH excluding ortho intramolecular Hbond substituents is 1. The molecule has 8 heteroatoms. The molecule has 0 spiro atoms. The van der Waals surface area contributed by atoms with Gasteiger partial charge in [-0.15, -0.1) is 0 Å². The second-order valence-electron chi connectivity index (χ2n) is 6.47. The maximum Gasteiger partial charge on any atom is 0.268 e. The van der Waals surface area contributed by atoms with Crippen LogP contribution < -0.4 is 11.1 Å². The Bertz CT molecular complexity index is 1060. The number of fused-ring (bicyclic) bond motifs is 1. The first kappa shape index (κ1) is 19.7. The molecular formula is C20H20ClN3O4. The van der Waals surface area contributed by atoms with Crippen LogP contribution in [0.3, 0.4) is 0 Å². The summed E-state index contributed by atoms with van der Waals surface area (Å²) in [5, 5.41) is 23.9. The van der Waals surface area contributed by atoms with Crippen molar-refractivity contribution < 1.29 is 19.8 Å². The minimum atomic E-state index is -0.668. The fraction of sp³-hybridized carbons (Fsp3) is 0.200. The van der Waals surface area contributed by atoms with Gasteiger partial charge in [0.05, 0.1) is 6.04 Å². The number of benzene rings is 2. The van der Waals surface area contributed by atoms with Gasteiger partial charge in [-0.2, -0.15) is 0 Å². The lowest BCUT2D eigenvalue weighted by molar-refractivity contribution is 0.0920. The number of carbonyl (C=O) groups excluding carboxylic acids is 2. The highest BCUT2D eigenvalue weighted by molar-refractivity contribution is 6.31. The number of phenols is 1. The van der Waals surface area contributed by atoms with E-state index in [9.17, 15) is 19.8 Å². The van der Waals surface area contributed by atoms with Gasteiger partial charge in [-0.3, -0.25) is 9.59 Å². The number of carbonyl (C=O) groups is 2. The standard InChI is InChI=1S/C20H20ClN3O4/c1-24-16-10-13(21)4-2-11(16)8-17(24)20(28)23-15(6-7-25)14-5-3-12(19(22)27)9-18(14)26/h2-5,8-10,15,25-26H,6-7H2,1H3,(H2,22,27)(H,23,28)/t15-/m1/s1. The van der Waals surface area contributed by atoms with E-state index in [-0.39, 0.29) is 30.2 Å². The molecule has 0 aliphatic heterocycles. The molecule has 0 unspecified atom stereocenters. The smallest absolute Gasteiger partial charge is 0.268 e. The van der Waals surface area contributed by atoms with Gasteiger partial charge in [0.15, 0.2) is 0 Å². The Kier molecular flexibility index (Phi) is 5.58. The van der Waals surface area contributed by atoms with E-state index in [2.05, 4.69) is 5.32 Å². The van der Waals surface area contributed by atoms with Crippen molar-refractivity contribution in [2.24, 2.45) is 12.8 Å². The molecule has 0 saturated heterocycles. The third kappa shape index (κ3) is 3.81. The monoisotopic (exact) mass is 401 g/mol. The Labute approximate surface area is 166 Å². The van der Waals surface area contributed by atoms with E-state index in [0.29, 0.717) is 16.3 Å². The number of hydrogen-bond acceptors (Lipinski definition) is 4. The van der Waals surface area contributed by atoms with Crippen LogP contribution in [0.25, 0.3) is 10.9 Å². The third-order valence-corrected chi connectivity index (χ3v) is 4.89. The Balaban J connectivity index is 1.92. The number of primary amides is 1. The zero-order valence-electron chi connectivity index (χ0n) is 15.1. The number of hydrogen-bond donors (Lipinski definition) is 4. The zero-order chi connectivity index (χ0) is 20.4. The summed E-state index contributed by atoms with van der Waals surface area (Å²) in [6.45, 7) is -0.202. The highest BCUT2D eigenvalue weighted by Crippen LogP contribution is 2.28. The largest absolute Gasteiger partial charge is 0.508 e. The van der Waals surface area contributed by atoms with E-state index >= 15 is 0 Å². The van der Waals surface area contributed by atoms with Crippen molar-refractivity contribution in [2.75, 3.05) is 6.61 Å². The average molecular weight is 402 g/mol. The Morgan fingerprint density at radius 3 is 2.61 bits per heavy atom. The molecule has 0 aliphatic carbocycles. The van der Waals surface area contributed by atoms with Gasteiger partial charge in [0.2, 0.25) is 5.91 Å². The van der Waals surface area contributed by atoms with E-state index in [1.165, 1.54) is 18.2 Å². The first-order chi connectivity index (χ1) is 13.3. The highest BCUT2D eigenvalue weighted by atomic mass is 35.5. The molecular weight excluding hydrogens is 382 g/mol. The first-order valence-corrected chi connectivity index (χ1v) is 8.99. The van der Waals surface area contributed by atoms with Crippen molar-refractivity contribution in [3.63, 3.8) is 0 Å². The van der Waals surface area contributed by atoms with Crippen molar-refractivity contribution in [3.8, 4) is 5.75 Å². The minimum absolute atomic E-state index is 0.154. The van der Waals surface area contributed by atoms with Crippen LogP contribution in [0.4, 0.5) is 0 Å². The normalized spacial score (nSPS) is 12.1. The van der Waals surface area contributed by atoms with Gasteiger partial charge >= 0.3 is 0 Å². The number of nitrogens with one attached hydrogen (secondary N) is 1. The Morgan fingerprint density at radius 1 is 1.21 bits per heavy atom. The number of aromatic nitrogens is 1. The summed E-state index contributed by atoms with van der Waals surface area (Å²) in [5.74, 6) is -1.22. The number of aromatic hydroxyl groups is 1. The summed E-state index contributed by atoms with van der Waals surface area (Å²) < 4.78 is 1.72. The van der Waals surface area contributed by atoms with Crippen LogP contribution in [-0.2, 0) is 7.05 Å². The molecule has 0 fully saturated rings. The van der Waals surface area contributed by atoms with Crippen molar-refractivity contribution in [3.05, 3.63) is 64.3 Å². The summed E-state index contributed by atoms with van der Waals surface area (Å²) in [7, 11) is 1.76. The van der Waals surface area contributed by atoms with Crippen LogP contribution in [0.2, 0.25) is 5.02 Å². The van der Waals surface area contributed by atoms with Crippen LogP contribution in [0.1, 0.15) is 38.9 Å². The summed E-state index contributed by atoms with van der Waals surface area (Å²) in [5.41, 5.74) is 6.97. The molecule has 0 saturated carbocycles. The molecule has 1 atom stereocenters. The SMILES string of the molecule is Cn1c(C(=O)N[C@H](CCO)c2ccc(C(N)=O)cc2O)cc2ccc(Cl)cc21. The predicted octanol–water partition coefficient (Wildman–Crippen LogP) is 2.49. The van der Waals surface area contributed by atoms with Crippen LogP contribution in [0.15, 0.2) is 42.5 Å². The average Bonchev–Trinajstić information content (AvgIpc) is 2.97. The van der Waals surface area contributed by atoms with E-state index in [4.69, 9.17) is 17.3 Å². The van der Waals surface area contributed by atoms with E-state index in [1.807, 2.05) is 6.07 Å². The number of aliphatic hydroxyl groups excluding tert-OH is 1. The summed E-state index contributed by atoms with van der Waals surface area (Å²) in [4.78, 5) is 24.1. The fourth-order valence-electron chi connectivity index (χ4n) is 3.18. The molecule has 1 aromatic heterocycles. The van der Waals surface area contributed by atoms with Crippen molar-refractivity contribution in [1.29, 1.82) is 0 Å². The number of aryl methyl sites for hydroxylation is 1. The number of halogens is 1. The molecule has 0 radical (unpaired) electrons. The number of amides is 2. The minimum Gasteiger partial charge on any atom is -0.508 e.